The number of benzene rings is 1. The number of rotatable bonds is 4. The number of aromatic nitrogens is 4. The Morgan fingerprint density at radius 1 is 1.33 bits per heavy atom. The number of nitro benzene ring substituents is 1. The SMILES string of the molecule is Cn1ncnc1CNc1ccc([N+](=O)[O-])c2cnccc12. The molecule has 0 saturated heterocycles. The van der Waals surface area contributed by atoms with E-state index in [9.17, 15) is 10.1 Å². The molecule has 0 atom stereocenters. The average Bonchev–Trinajstić information content (AvgIpc) is 2.89. The van der Waals surface area contributed by atoms with Crippen LogP contribution < -0.4 is 5.32 Å². The molecular formula is C13H12N6O2. The zero-order valence-corrected chi connectivity index (χ0v) is 11.2. The van der Waals surface area contributed by atoms with Crippen molar-refractivity contribution in [3.63, 3.8) is 0 Å². The highest BCUT2D eigenvalue weighted by atomic mass is 16.6. The number of aryl methyl sites for hydroxylation is 1. The molecule has 0 aliphatic carbocycles. The molecule has 0 unspecified atom stereocenters. The van der Waals surface area contributed by atoms with Gasteiger partial charge in [0, 0.05) is 36.6 Å². The van der Waals surface area contributed by atoms with Crippen molar-refractivity contribution in [3.8, 4) is 0 Å². The van der Waals surface area contributed by atoms with Crippen LogP contribution in [-0.4, -0.2) is 24.7 Å². The number of non-ortho nitro benzene ring substituents is 1. The lowest BCUT2D eigenvalue weighted by atomic mass is 10.1. The molecule has 106 valence electrons. The van der Waals surface area contributed by atoms with Crippen molar-refractivity contribution in [1.82, 2.24) is 19.7 Å². The first-order valence-electron chi connectivity index (χ1n) is 6.24. The number of hydrogen-bond donors (Lipinski definition) is 1. The maximum Gasteiger partial charge on any atom is 0.278 e. The summed E-state index contributed by atoms with van der Waals surface area (Å²) in [7, 11) is 1.81. The predicted octanol–water partition coefficient (Wildman–Crippen LogP) is 1.88. The van der Waals surface area contributed by atoms with Gasteiger partial charge in [-0.3, -0.25) is 19.8 Å². The van der Waals surface area contributed by atoms with E-state index in [1.54, 1.807) is 23.0 Å². The van der Waals surface area contributed by atoms with E-state index in [1.165, 1.54) is 18.6 Å². The second-order valence-electron chi connectivity index (χ2n) is 4.46. The quantitative estimate of drug-likeness (QED) is 0.580. The second-order valence-corrected chi connectivity index (χ2v) is 4.46. The molecule has 3 aromatic rings. The molecule has 2 aromatic heterocycles. The molecule has 0 aliphatic heterocycles. The van der Waals surface area contributed by atoms with Gasteiger partial charge in [0.15, 0.2) is 0 Å². The largest absolute Gasteiger partial charge is 0.377 e. The summed E-state index contributed by atoms with van der Waals surface area (Å²) in [5.41, 5.74) is 0.836. The minimum absolute atomic E-state index is 0.0438. The lowest BCUT2D eigenvalue weighted by molar-refractivity contribution is -0.383. The summed E-state index contributed by atoms with van der Waals surface area (Å²) in [6.07, 6.45) is 4.59. The number of anilines is 1. The molecule has 3 rings (SSSR count). The first-order chi connectivity index (χ1) is 10.2. The van der Waals surface area contributed by atoms with Crippen LogP contribution in [0.4, 0.5) is 11.4 Å². The summed E-state index contributed by atoms with van der Waals surface area (Å²) < 4.78 is 1.67. The van der Waals surface area contributed by atoms with Crippen LogP contribution in [0.15, 0.2) is 36.9 Å². The lowest BCUT2D eigenvalue weighted by Gasteiger charge is -2.09. The van der Waals surface area contributed by atoms with Crippen molar-refractivity contribution in [2.45, 2.75) is 6.54 Å². The van der Waals surface area contributed by atoms with E-state index >= 15 is 0 Å². The number of hydrogen-bond acceptors (Lipinski definition) is 6. The van der Waals surface area contributed by atoms with Gasteiger partial charge in [-0.2, -0.15) is 5.10 Å². The van der Waals surface area contributed by atoms with Crippen LogP contribution in [-0.2, 0) is 13.6 Å². The zero-order chi connectivity index (χ0) is 14.8. The average molecular weight is 284 g/mol. The van der Waals surface area contributed by atoms with Gasteiger partial charge in [-0.25, -0.2) is 4.98 Å². The number of pyridine rings is 1. The molecule has 1 aromatic carbocycles. The standard InChI is InChI=1S/C13H12N6O2/c1-18-13(16-8-17-18)7-15-11-2-3-12(19(20)21)10-6-14-5-4-9(10)11/h2-6,8,15H,7H2,1H3. The van der Waals surface area contributed by atoms with Crippen molar-refractivity contribution in [2.24, 2.45) is 7.05 Å². The fourth-order valence-electron chi connectivity index (χ4n) is 2.14. The van der Waals surface area contributed by atoms with Crippen LogP contribution in [0.1, 0.15) is 5.82 Å². The lowest BCUT2D eigenvalue weighted by Crippen LogP contribution is -2.07. The molecule has 8 heteroatoms. The molecule has 8 nitrogen and oxygen atoms in total. The normalized spacial score (nSPS) is 10.7. The monoisotopic (exact) mass is 284 g/mol. The topological polar surface area (TPSA) is 98.8 Å². The summed E-state index contributed by atoms with van der Waals surface area (Å²) in [4.78, 5) is 18.7. The third kappa shape index (κ3) is 2.38. The summed E-state index contributed by atoms with van der Waals surface area (Å²) >= 11 is 0. The van der Waals surface area contributed by atoms with Crippen LogP contribution in [0.5, 0.6) is 0 Å². The maximum absolute atomic E-state index is 11.1. The van der Waals surface area contributed by atoms with Crippen molar-refractivity contribution < 1.29 is 4.92 Å². The maximum atomic E-state index is 11.1. The molecule has 2 heterocycles. The molecule has 0 fully saturated rings. The third-order valence-corrected chi connectivity index (χ3v) is 3.23. The molecule has 21 heavy (non-hydrogen) atoms. The van der Waals surface area contributed by atoms with Gasteiger partial charge in [0.05, 0.1) is 16.9 Å². The van der Waals surface area contributed by atoms with E-state index in [0.717, 1.165) is 16.9 Å². The van der Waals surface area contributed by atoms with Crippen molar-refractivity contribution in [2.75, 3.05) is 5.32 Å². The number of fused-ring (bicyclic) bond motifs is 1. The highest BCUT2D eigenvalue weighted by Gasteiger charge is 2.14. The van der Waals surface area contributed by atoms with E-state index in [1.807, 2.05) is 7.05 Å². The number of nitro groups is 1. The van der Waals surface area contributed by atoms with Crippen molar-refractivity contribution in [1.29, 1.82) is 0 Å². The second kappa shape index (κ2) is 5.16. The first-order valence-corrected chi connectivity index (χ1v) is 6.24. The van der Waals surface area contributed by atoms with E-state index < -0.39 is 4.92 Å². The Morgan fingerprint density at radius 3 is 2.90 bits per heavy atom. The van der Waals surface area contributed by atoms with E-state index in [4.69, 9.17) is 0 Å². The van der Waals surface area contributed by atoms with Crippen molar-refractivity contribution >= 4 is 22.1 Å². The Morgan fingerprint density at radius 2 is 2.19 bits per heavy atom. The van der Waals surface area contributed by atoms with Crippen LogP contribution in [0.3, 0.4) is 0 Å². The molecule has 0 aliphatic rings. The van der Waals surface area contributed by atoms with Gasteiger partial charge in [0.1, 0.15) is 12.2 Å². The van der Waals surface area contributed by atoms with Gasteiger partial charge in [0.25, 0.3) is 5.69 Å². The van der Waals surface area contributed by atoms with E-state index in [2.05, 4.69) is 20.4 Å². The summed E-state index contributed by atoms with van der Waals surface area (Å²) in [5.74, 6) is 0.774. The molecule has 0 amide bonds. The van der Waals surface area contributed by atoms with Gasteiger partial charge in [-0.1, -0.05) is 0 Å². The number of nitrogens with one attached hydrogen (secondary N) is 1. The Hall–Kier alpha value is -3.03. The van der Waals surface area contributed by atoms with Gasteiger partial charge < -0.3 is 5.32 Å². The Bertz CT molecular complexity index is 813. The Labute approximate surface area is 119 Å². The van der Waals surface area contributed by atoms with Crippen molar-refractivity contribution in [3.05, 3.63) is 52.9 Å². The molecule has 0 bridgehead atoms. The summed E-state index contributed by atoms with van der Waals surface area (Å²) in [6.45, 7) is 0.478. The summed E-state index contributed by atoms with van der Waals surface area (Å²) in [5, 5.41) is 19.5. The molecule has 1 N–H and O–H groups in total. The van der Waals surface area contributed by atoms with Gasteiger partial charge >= 0.3 is 0 Å². The smallest absolute Gasteiger partial charge is 0.278 e. The van der Waals surface area contributed by atoms with E-state index in [0.29, 0.717) is 11.9 Å². The first kappa shape index (κ1) is 13.0. The van der Waals surface area contributed by atoms with Crippen LogP contribution >= 0.6 is 0 Å². The fraction of sp³-hybridized carbons (Fsp3) is 0.154. The van der Waals surface area contributed by atoms with Crippen LogP contribution in [0.25, 0.3) is 10.8 Å². The van der Waals surface area contributed by atoms with Crippen LogP contribution in [0, 0.1) is 10.1 Å². The minimum Gasteiger partial charge on any atom is -0.377 e. The zero-order valence-electron chi connectivity index (χ0n) is 11.2. The highest BCUT2D eigenvalue weighted by molar-refractivity contribution is 5.99. The highest BCUT2D eigenvalue weighted by Crippen LogP contribution is 2.30. The Kier molecular flexibility index (Phi) is 3.19. The van der Waals surface area contributed by atoms with Gasteiger partial charge in [0.2, 0.25) is 0 Å². The molecule has 0 spiro atoms. The number of nitrogens with zero attached hydrogens (tertiary/aromatic N) is 5. The Balaban J connectivity index is 1.98. The van der Waals surface area contributed by atoms with E-state index in [-0.39, 0.29) is 5.69 Å². The van der Waals surface area contributed by atoms with Crippen LogP contribution in [0.2, 0.25) is 0 Å². The molecule has 0 radical (unpaired) electrons. The summed E-state index contributed by atoms with van der Waals surface area (Å²) in [6, 6.07) is 4.92. The van der Waals surface area contributed by atoms with Gasteiger partial charge in [-0.05, 0) is 12.1 Å². The third-order valence-electron chi connectivity index (χ3n) is 3.23. The predicted molar refractivity (Wildman–Crippen MR) is 76.7 cm³/mol. The molecular weight excluding hydrogens is 272 g/mol. The fourth-order valence-corrected chi connectivity index (χ4v) is 2.14. The molecule has 0 saturated carbocycles. The van der Waals surface area contributed by atoms with Gasteiger partial charge in [-0.15, -0.1) is 0 Å². The minimum atomic E-state index is -0.406.